The Labute approximate surface area is 90.5 Å². The third-order valence-corrected chi connectivity index (χ3v) is 3.39. The maximum absolute atomic E-state index is 11.3. The maximum Gasteiger partial charge on any atom is 0.135 e. The molecule has 15 heavy (non-hydrogen) atoms. The van der Waals surface area contributed by atoms with Gasteiger partial charge < -0.3 is 0 Å². The summed E-state index contributed by atoms with van der Waals surface area (Å²) in [7, 11) is 0. The highest BCUT2D eigenvalue weighted by Crippen LogP contribution is 2.29. The largest absolute Gasteiger partial charge is 0.300 e. The molecule has 1 aromatic rings. The smallest absolute Gasteiger partial charge is 0.135 e. The molecule has 0 radical (unpaired) electrons. The van der Waals surface area contributed by atoms with E-state index in [1.165, 1.54) is 11.3 Å². The Kier molecular flexibility index (Phi) is 2.63. The van der Waals surface area contributed by atoms with Gasteiger partial charge in [-0.1, -0.05) is 6.92 Å². The van der Waals surface area contributed by atoms with Crippen LogP contribution in [0.5, 0.6) is 0 Å². The molecule has 1 unspecified atom stereocenters. The first-order valence-electron chi connectivity index (χ1n) is 5.69. The quantitative estimate of drug-likeness (QED) is 0.744. The van der Waals surface area contributed by atoms with Crippen molar-refractivity contribution >= 4 is 5.78 Å². The first-order chi connectivity index (χ1) is 7.13. The van der Waals surface area contributed by atoms with E-state index in [0.717, 1.165) is 25.0 Å². The lowest BCUT2D eigenvalue weighted by atomic mass is 10.1. The number of Topliss-reactive ketones (excluding diaryl/α,β-unsaturated/α-hetero) is 1. The van der Waals surface area contributed by atoms with Crippen LogP contribution in [-0.2, 0) is 11.2 Å². The molecule has 1 saturated carbocycles. The van der Waals surface area contributed by atoms with E-state index in [0.29, 0.717) is 18.2 Å². The van der Waals surface area contributed by atoms with Crippen LogP contribution in [0.15, 0.2) is 0 Å². The Balaban J connectivity index is 2.32. The van der Waals surface area contributed by atoms with Gasteiger partial charge in [0, 0.05) is 18.5 Å². The van der Waals surface area contributed by atoms with Gasteiger partial charge in [-0.25, -0.2) is 0 Å². The molecule has 0 N–H and O–H groups in total. The van der Waals surface area contributed by atoms with Gasteiger partial charge in [0.05, 0.1) is 11.7 Å². The standard InChI is InChI=1S/C12H18N2O/c1-4-12-8(2)13-14(9(12)3)10-5-6-11(15)7-10/h10H,4-7H2,1-3H3. The molecule has 0 aliphatic heterocycles. The van der Waals surface area contributed by atoms with Gasteiger partial charge in [-0.3, -0.25) is 9.48 Å². The molecule has 82 valence electrons. The molecular formula is C12H18N2O. The Morgan fingerprint density at radius 1 is 1.47 bits per heavy atom. The van der Waals surface area contributed by atoms with E-state index in [2.05, 4.69) is 30.6 Å². The highest BCUT2D eigenvalue weighted by atomic mass is 16.1. The molecule has 1 fully saturated rings. The number of carbonyl (C=O) groups excluding carboxylic acids is 1. The SMILES string of the molecule is CCc1c(C)nn(C2CCC(=O)C2)c1C. The van der Waals surface area contributed by atoms with E-state index in [-0.39, 0.29) is 0 Å². The number of ketones is 1. The van der Waals surface area contributed by atoms with Crippen LogP contribution in [0.25, 0.3) is 0 Å². The summed E-state index contributed by atoms with van der Waals surface area (Å²) in [4.78, 5) is 11.3. The van der Waals surface area contributed by atoms with Gasteiger partial charge in [0.25, 0.3) is 0 Å². The summed E-state index contributed by atoms with van der Waals surface area (Å²) < 4.78 is 2.07. The van der Waals surface area contributed by atoms with E-state index in [1.807, 2.05) is 0 Å². The molecule has 2 rings (SSSR count). The van der Waals surface area contributed by atoms with Crippen molar-refractivity contribution in [3.8, 4) is 0 Å². The zero-order valence-corrected chi connectivity index (χ0v) is 9.71. The Morgan fingerprint density at radius 3 is 2.67 bits per heavy atom. The molecule has 0 bridgehead atoms. The third-order valence-electron chi connectivity index (χ3n) is 3.39. The molecule has 1 heterocycles. The average molecular weight is 206 g/mol. The normalized spacial score (nSPS) is 21.3. The molecule has 1 aromatic heterocycles. The molecule has 0 spiro atoms. The summed E-state index contributed by atoms with van der Waals surface area (Å²) in [5.74, 6) is 0.380. The number of nitrogens with zero attached hydrogens (tertiary/aromatic N) is 2. The molecule has 1 atom stereocenters. The fraction of sp³-hybridized carbons (Fsp3) is 0.667. The van der Waals surface area contributed by atoms with Crippen molar-refractivity contribution in [3.63, 3.8) is 0 Å². The predicted molar refractivity (Wildman–Crippen MR) is 59.0 cm³/mol. The molecule has 0 aromatic carbocycles. The summed E-state index contributed by atoms with van der Waals surface area (Å²) in [6.07, 6.45) is 3.39. The van der Waals surface area contributed by atoms with E-state index in [9.17, 15) is 4.79 Å². The van der Waals surface area contributed by atoms with Gasteiger partial charge in [0.2, 0.25) is 0 Å². The lowest BCUT2D eigenvalue weighted by Gasteiger charge is -2.11. The van der Waals surface area contributed by atoms with Gasteiger partial charge in [-0.05, 0) is 32.3 Å². The van der Waals surface area contributed by atoms with Crippen molar-refractivity contribution in [1.29, 1.82) is 0 Å². The second kappa shape index (κ2) is 3.80. The van der Waals surface area contributed by atoms with E-state index in [1.54, 1.807) is 0 Å². The van der Waals surface area contributed by atoms with Crippen molar-refractivity contribution in [3.05, 3.63) is 17.0 Å². The van der Waals surface area contributed by atoms with Crippen molar-refractivity contribution in [2.75, 3.05) is 0 Å². The van der Waals surface area contributed by atoms with Gasteiger partial charge in [-0.2, -0.15) is 5.10 Å². The minimum atomic E-state index is 0.316. The van der Waals surface area contributed by atoms with Crippen molar-refractivity contribution in [1.82, 2.24) is 9.78 Å². The Hall–Kier alpha value is -1.12. The topological polar surface area (TPSA) is 34.9 Å². The summed E-state index contributed by atoms with van der Waals surface area (Å²) in [5.41, 5.74) is 3.71. The monoisotopic (exact) mass is 206 g/mol. The van der Waals surface area contributed by atoms with Crippen LogP contribution in [0.4, 0.5) is 0 Å². The summed E-state index contributed by atoms with van der Waals surface area (Å²) in [6.45, 7) is 6.32. The van der Waals surface area contributed by atoms with Crippen LogP contribution in [-0.4, -0.2) is 15.6 Å². The zero-order chi connectivity index (χ0) is 11.0. The van der Waals surface area contributed by atoms with E-state index in [4.69, 9.17) is 0 Å². The fourth-order valence-corrected chi connectivity index (χ4v) is 2.57. The number of aryl methyl sites for hydroxylation is 1. The molecule has 0 amide bonds. The van der Waals surface area contributed by atoms with Crippen LogP contribution in [0.2, 0.25) is 0 Å². The van der Waals surface area contributed by atoms with Crippen molar-refractivity contribution < 1.29 is 4.79 Å². The first kappa shape index (κ1) is 10.4. The minimum absolute atomic E-state index is 0.316. The van der Waals surface area contributed by atoms with Gasteiger partial charge >= 0.3 is 0 Å². The molecule has 1 aliphatic carbocycles. The fourth-order valence-electron chi connectivity index (χ4n) is 2.57. The Morgan fingerprint density at radius 2 is 2.20 bits per heavy atom. The van der Waals surface area contributed by atoms with Crippen molar-refractivity contribution in [2.24, 2.45) is 0 Å². The third kappa shape index (κ3) is 1.71. The van der Waals surface area contributed by atoms with Gasteiger partial charge in [0.15, 0.2) is 0 Å². The molecule has 1 aliphatic rings. The first-order valence-corrected chi connectivity index (χ1v) is 5.69. The Bertz CT molecular complexity index is 393. The van der Waals surface area contributed by atoms with Crippen LogP contribution < -0.4 is 0 Å². The van der Waals surface area contributed by atoms with Crippen LogP contribution >= 0.6 is 0 Å². The van der Waals surface area contributed by atoms with Crippen LogP contribution in [0.1, 0.15) is 49.2 Å². The minimum Gasteiger partial charge on any atom is -0.300 e. The number of hydrogen-bond donors (Lipinski definition) is 0. The maximum atomic E-state index is 11.3. The number of rotatable bonds is 2. The van der Waals surface area contributed by atoms with Crippen molar-refractivity contribution in [2.45, 2.75) is 52.5 Å². The summed E-state index contributed by atoms with van der Waals surface area (Å²) >= 11 is 0. The second-order valence-electron chi connectivity index (χ2n) is 4.38. The van der Waals surface area contributed by atoms with Gasteiger partial charge in [-0.15, -0.1) is 0 Å². The predicted octanol–water partition coefficient (Wildman–Crippen LogP) is 2.36. The highest BCUT2D eigenvalue weighted by Gasteiger charge is 2.26. The zero-order valence-electron chi connectivity index (χ0n) is 9.71. The lowest BCUT2D eigenvalue weighted by molar-refractivity contribution is -0.117. The highest BCUT2D eigenvalue weighted by molar-refractivity contribution is 5.80. The van der Waals surface area contributed by atoms with Gasteiger partial charge in [0.1, 0.15) is 5.78 Å². The second-order valence-corrected chi connectivity index (χ2v) is 4.38. The number of hydrogen-bond acceptors (Lipinski definition) is 2. The number of carbonyl (C=O) groups is 1. The summed E-state index contributed by atoms with van der Waals surface area (Å²) in [5, 5.41) is 4.56. The number of aromatic nitrogens is 2. The summed E-state index contributed by atoms with van der Waals surface area (Å²) in [6, 6.07) is 0.316. The average Bonchev–Trinajstić information content (AvgIpc) is 2.71. The van der Waals surface area contributed by atoms with Crippen LogP contribution in [0, 0.1) is 13.8 Å². The lowest BCUT2D eigenvalue weighted by Crippen LogP contribution is -2.09. The molecule has 3 nitrogen and oxygen atoms in total. The van der Waals surface area contributed by atoms with E-state index < -0.39 is 0 Å². The molecular weight excluding hydrogens is 188 g/mol. The van der Waals surface area contributed by atoms with Crippen LogP contribution in [0.3, 0.4) is 0 Å². The molecule has 3 heteroatoms. The molecule has 0 saturated heterocycles. The van der Waals surface area contributed by atoms with E-state index >= 15 is 0 Å².